The Balaban J connectivity index is 1.88. The summed E-state index contributed by atoms with van der Waals surface area (Å²) in [5, 5.41) is 0. The van der Waals surface area contributed by atoms with Crippen molar-refractivity contribution in [2.24, 2.45) is 5.73 Å². The molecule has 0 heterocycles. The first-order chi connectivity index (χ1) is 12.1. The van der Waals surface area contributed by atoms with Gasteiger partial charge in [-0.1, -0.05) is 60.7 Å². The fourth-order valence-corrected chi connectivity index (χ4v) is 2.62. The van der Waals surface area contributed by atoms with Gasteiger partial charge in [-0.3, -0.25) is 9.59 Å². The van der Waals surface area contributed by atoms with E-state index in [-0.39, 0.29) is 5.97 Å². The smallest absolute Gasteiger partial charge is 0.323 e. The number of carbonyl (C=O) groups excluding carboxylic acids is 2. The van der Waals surface area contributed by atoms with E-state index in [1.54, 1.807) is 12.1 Å². The van der Waals surface area contributed by atoms with Gasteiger partial charge in [0.05, 0.1) is 0 Å². The van der Waals surface area contributed by atoms with Gasteiger partial charge < -0.3 is 10.5 Å². The molecule has 2 N–H and O–H groups in total. The SMILES string of the molecule is NC(=O)c1ccc(OC(=O)C(c2ccccc2)c2ccccc2)cc1. The first-order valence-corrected chi connectivity index (χ1v) is 7.86. The summed E-state index contributed by atoms with van der Waals surface area (Å²) in [5.74, 6) is -1.07. The average molecular weight is 331 g/mol. The van der Waals surface area contributed by atoms with E-state index < -0.39 is 11.8 Å². The van der Waals surface area contributed by atoms with Gasteiger partial charge in [-0.2, -0.15) is 0 Å². The van der Waals surface area contributed by atoms with Crippen LogP contribution in [-0.4, -0.2) is 11.9 Å². The minimum atomic E-state index is -0.529. The van der Waals surface area contributed by atoms with E-state index in [9.17, 15) is 9.59 Å². The van der Waals surface area contributed by atoms with Gasteiger partial charge in [-0.05, 0) is 35.4 Å². The second-order valence-corrected chi connectivity index (χ2v) is 5.56. The molecule has 4 heteroatoms. The Morgan fingerprint density at radius 1 is 0.720 bits per heavy atom. The maximum absolute atomic E-state index is 12.8. The molecule has 1 amide bonds. The second kappa shape index (κ2) is 7.45. The molecule has 0 radical (unpaired) electrons. The summed E-state index contributed by atoms with van der Waals surface area (Å²) in [6.07, 6.45) is 0. The first kappa shape index (κ1) is 16.5. The fraction of sp³-hybridized carbons (Fsp3) is 0.0476. The van der Waals surface area contributed by atoms with Crippen LogP contribution < -0.4 is 10.5 Å². The van der Waals surface area contributed by atoms with Crippen LogP contribution in [0.5, 0.6) is 5.75 Å². The van der Waals surface area contributed by atoms with Gasteiger partial charge in [0.2, 0.25) is 5.91 Å². The Kier molecular flexibility index (Phi) is 4.90. The van der Waals surface area contributed by atoms with Gasteiger partial charge in [0, 0.05) is 5.56 Å². The summed E-state index contributed by atoms with van der Waals surface area (Å²) >= 11 is 0. The third kappa shape index (κ3) is 3.93. The van der Waals surface area contributed by atoms with Crippen LogP contribution in [0.2, 0.25) is 0 Å². The Bertz CT molecular complexity index is 819. The molecule has 0 aliphatic carbocycles. The molecule has 0 aromatic heterocycles. The van der Waals surface area contributed by atoms with Crippen LogP contribution in [0.3, 0.4) is 0 Å². The monoisotopic (exact) mass is 331 g/mol. The second-order valence-electron chi connectivity index (χ2n) is 5.56. The lowest BCUT2D eigenvalue weighted by atomic mass is 9.91. The minimum absolute atomic E-state index is 0.363. The molecule has 3 rings (SSSR count). The molecular weight excluding hydrogens is 314 g/mol. The molecule has 3 aromatic rings. The van der Waals surface area contributed by atoms with Crippen LogP contribution in [0.1, 0.15) is 27.4 Å². The highest BCUT2D eigenvalue weighted by Crippen LogP contribution is 2.27. The summed E-state index contributed by atoms with van der Waals surface area (Å²) < 4.78 is 5.53. The highest BCUT2D eigenvalue weighted by atomic mass is 16.5. The molecule has 0 fully saturated rings. The number of carbonyl (C=O) groups is 2. The maximum atomic E-state index is 12.8. The number of primary amides is 1. The molecule has 3 aromatic carbocycles. The summed E-state index contributed by atoms with van der Waals surface area (Å²) in [4.78, 5) is 23.9. The number of nitrogens with two attached hydrogens (primary N) is 1. The van der Waals surface area contributed by atoms with Crippen molar-refractivity contribution >= 4 is 11.9 Å². The summed E-state index contributed by atoms with van der Waals surface area (Å²) in [7, 11) is 0. The lowest BCUT2D eigenvalue weighted by Gasteiger charge is -2.17. The number of hydrogen-bond acceptors (Lipinski definition) is 3. The molecule has 0 unspecified atom stereocenters. The van der Waals surface area contributed by atoms with Crippen molar-refractivity contribution in [3.63, 3.8) is 0 Å². The largest absolute Gasteiger partial charge is 0.426 e. The normalized spacial score (nSPS) is 10.4. The van der Waals surface area contributed by atoms with E-state index in [1.165, 1.54) is 12.1 Å². The van der Waals surface area contributed by atoms with E-state index >= 15 is 0 Å². The molecule has 0 aliphatic heterocycles. The molecule has 124 valence electrons. The van der Waals surface area contributed by atoms with Gasteiger partial charge >= 0.3 is 5.97 Å². The Labute approximate surface area is 145 Å². The molecular formula is C21H17NO3. The molecule has 0 spiro atoms. The van der Waals surface area contributed by atoms with Gasteiger partial charge in [-0.15, -0.1) is 0 Å². The fourth-order valence-electron chi connectivity index (χ4n) is 2.62. The third-order valence-electron chi connectivity index (χ3n) is 3.86. The van der Waals surface area contributed by atoms with Crippen LogP contribution in [0.25, 0.3) is 0 Å². The van der Waals surface area contributed by atoms with Gasteiger partial charge in [0.15, 0.2) is 0 Å². The van der Waals surface area contributed by atoms with Crippen molar-refractivity contribution in [1.29, 1.82) is 0 Å². The van der Waals surface area contributed by atoms with E-state index in [0.29, 0.717) is 11.3 Å². The molecule has 0 saturated carbocycles. The lowest BCUT2D eigenvalue weighted by molar-refractivity contribution is -0.135. The van der Waals surface area contributed by atoms with E-state index in [2.05, 4.69) is 0 Å². The number of benzene rings is 3. The number of esters is 1. The molecule has 0 aliphatic rings. The standard InChI is InChI=1S/C21H17NO3/c22-20(23)17-11-13-18(14-12-17)25-21(24)19(15-7-3-1-4-8-15)16-9-5-2-6-10-16/h1-14,19H,(H2,22,23). The topological polar surface area (TPSA) is 69.4 Å². The molecule has 0 atom stereocenters. The van der Waals surface area contributed by atoms with Crippen molar-refractivity contribution in [2.75, 3.05) is 0 Å². The van der Waals surface area contributed by atoms with Crippen molar-refractivity contribution in [2.45, 2.75) is 5.92 Å². The van der Waals surface area contributed by atoms with Crippen LogP contribution in [-0.2, 0) is 4.79 Å². The van der Waals surface area contributed by atoms with Gasteiger partial charge in [0.25, 0.3) is 0 Å². The van der Waals surface area contributed by atoms with E-state index in [1.807, 2.05) is 60.7 Å². The zero-order chi connectivity index (χ0) is 17.6. The highest BCUT2D eigenvalue weighted by Gasteiger charge is 2.24. The third-order valence-corrected chi connectivity index (χ3v) is 3.86. The van der Waals surface area contributed by atoms with E-state index in [4.69, 9.17) is 10.5 Å². The Hall–Kier alpha value is -3.40. The maximum Gasteiger partial charge on any atom is 0.323 e. The number of rotatable bonds is 5. The predicted molar refractivity (Wildman–Crippen MR) is 95.3 cm³/mol. The average Bonchev–Trinajstić information content (AvgIpc) is 2.64. The summed E-state index contributed by atoms with van der Waals surface area (Å²) in [6, 6.07) is 25.1. The predicted octanol–water partition coefficient (Wildman–Crippen LogP) is 3.52. The van der Waals surface area contributed by atoms with E-state index in [0.717, 1.165) is 11.1 Å². The van der Waals surface area contributed by atoms with Crippen molar-refractivity contribution in [1.82, 2.24) is 0 Å². The molecule has 0 saturated heterocycles. The minimum Gasteiger partial charge on any atom is -0.426 e. The van der Waals surface area contributed by atoms with Gasteiger partial charge in [-0.25, -0.2) is 0 Å². The van der Waals surface area contributed by atoms with Crippen molar-refractivity contribution in [3.05, 3.63) is 102 Å². The Morgan fingerprint density at radius 2 is 1.20 bits per heavy atom. The highest BCUT2D eigenvalue weighted by molar-refractivity contribution is 5.93. The first-order valence-electron chi connectivity index (χ1n) is 7.86. The van der Waals surface area contributed by atoms with Crippen LogP contribution in [0.15, 0.2) is 84.9 Å². The lowest BCUT2D eigenvalue weighted by Crippen LogP contribution is -2.20. The zero-order valence-corrected chi connectivity index (χ0v) is 13.5. The number of hydrogen-bond donors (Lipinski definition) is 1. The van der Waals surface area contributed by atoms with Crippen molar-refractivity contribution in [3.8, 4) is 5.75 Å². The molecule has 25 heavy (non-hydrogen) atoms. The summed E-state index contributed by atoms with van der Waals surface area (Å²) in [6.45, 7) is 0. The van der Waals surface area contributed by atoms with Gasteiger partial charge in [0.1, 0.15) is 11.7 Å². The molecule has 4 nitrogen and oxygen atoms in total. The summed E-state index contributed by atoms with van der Waals surface area (Å²) in [5.41, 5.74) is 7.29. The van der Waals surface area contributed by atoms with Crippen molar-refractivity contribution < 1.29 is 14.3 Å². The van der Waals surface area contributed by atoms with Crippen LogP contribution >= 0.6 is 0 Å². The quantitative estimate of drug-likeness (QED) is 0.574. The number of amides is 1. The zero-order valence-electron chi connectivity index (χ0n) is 13.5. The van der Waals surface area contributed by atoms with Crippen LogP contribution in [0, 0.1) is 0 Å². The Morgan fingerprint density at radius 3 is 1.64 bits per heavy atom. The van der Waals surface area contributed by atoms with Crippen LogP contribution in [0.4, 0.5) is 0 Å². The molecule has 0 bridgehead atoms. The number of ether oxygens (including phenoxy) is 1.